The minimum Gasteiger partial charge on any atom is -0.465 e. The molecule has 38 heavy (non-hydrogen) atoms. The Bertz CT molecular complexity index is 1450. The van der Waals surface area contributed by atoms with E-state index >= 15 is 0 Å². The van der Waals surface area contributed by atoms with Crippen molar-refractivity contribution in [3.05, 3.63) is 47.9 Å². The fraction of sp³-hybridized carbons (Fsp3) is 0.273. The number of hydrogen-bond acceptors (Lipinski definition) is 9. The van der Waals surface area contributed by atoms with E-state index in [2.05, 4.69) is 30.9 Å². The van der Waals surface area contributed by atoms with E-state index < -0.39 is 41.4 Å². The Morgan fingerprint density at radius 2 is 1.95 bits per heavy atom. The van der Waals surface area contributed by atoms with Gasteiger partial charge < -0.3 is 20.1 Å². The van der Waals surface area contributed by atoms with Crippen molar-refractivity contribution in [1.82, 2.24) is 29.9 Å². The van der Waals surface area contributed by atoms with E-state index in [1.165, 1.54) is 37.0 Å². The number of nitrogens with one attached hydrogen (secondary N) is 2. The lowest BCUT2D eigenvalue weighted by atomic mass is 9.80. The minimum atomic E-state index is -1.50. The van der Waals surface area contributed by atoms with E-state index in [0.717, 1.165) is 11.0 Å². The van der Waals surface area contributed by atoms with Crippen LogP contribution < -0.4 is 10.6 Å². The third-order valence-corrected chi connectivity index (χ3v) is 5.71. The van der Waals surface area contributed by atoms with Crippen LogP contribution in [0.3, 0.4) is 0 Å². The highest BCUT2D eigenvalue weighted by Crippen LogP contribution is 2.32. The predicted molar refractivity (Wildman–Crippen MR) is 123 cm³/mol. The van der Waals surface area contributed by atoms with E-state index in [0.29, 0.717) is 6.20 Å². The van der Waals surface area contributed by atoms with Gasteiger partial charge >= 0.3 is 12.2 Å². The summed E-state index contributed by atoms with van der Waals surface area (Å²) in [6.45, 7) is 0.846. The van der Waals surface area contributed by atoms with Crippen molar-refractivity contribution in [3.8, 4) is 17.5 Å². The summed E-state index contributed by atoms with van der Waals surface area (Å²) in [6.07, 6.45) is -1.41. The van der Waals surface area contributed by atoms with Gasteiger partial charge in [-0.05, 0) is 25.1 Å². The number of amides is 3. The molecule has 1 aliphatic heterocycles. The largest absolute Gasteiger partial charge is 0.465 e. The monoisotopic (exact) mass is 527 g/mol. The Morgan fingerprint density at radius 1 is 1.21 bits per heavy atom. The molecule has 1 unspecified atom stereocenters. The van der Waals surface area contributed by atoms with Gasteiger partial charge in [-0.1, -0.05) is 5.21 Å². The molecule has 3 amide bonds. The molecule has 0 bridgehead atoms. The van der Waals surface area contributed by atoms with Crippen LogP contribution in [-0.2, 0) is 16.6 Å². The third kappa shape index (κ3) is 5.02. The van der Waals surface area contributed by atoms with Crippen LogP contribution in [0.15, 0.2) is 30.6 Å². The van der Waals surface area contributed by atoms with Crippen LogP contribution in [0.5, 0.6) is 0 Å². The second-order valence-electron chi connectivity index (χ2n) is 8.34. The van der Waals surface area contributed by atoms with Crippen molar-refractivity contribution in [1.29, 1.82) is 5.26 Å². The van der Waals surface area contributed by atoms with Crippen LogP contribution in [0.25, 0.3) is 11.4 Å². The number of aromatic nitrogens is 5. The predicted octanol–water partition coefficient (Wildman–Crippen LogP) is 2.30. The van der Waals surface area contributed by atoms with Gasteiger partial charge in [0, 0.05) is 7.05 Å². The van der Waals surface area contributed by atoms with Crippen LogP contribution in [0.2, 0.25) is 0 Å². The van der Waals surface area contributed by atoms with Crippen molar-refractivity contribution < 1.29 is 33.0 Å². The summed E-state index contributed by atoms with van der Waals surface area (Å²) in [6, 6.07) is 5.67. The van der Waals surface area contributed by atoms with Crippen molar-refractivity contribution in [3.63, 3.8) is 0 Å². The van der Waals surface area contributed by atoms with Crippen molar-refractivity contribution >= 4 is 29.6 Å². The number of carboxylic acid groups (broad SMARTS) is 1. The smallest absolute Gasteiger partial charge is 0.413 e. The molecule has 0 aromatic carbocycles. The Hall–Kier alpha value is -5.20. The number of carbonyl (C=O) groups excluding carboxylic acids is 2. The maximum Gasteiger partial charge on any atom is 0.413 e. The molecule has 0 aliphatic carbocycles. The summed E-state index contributed by atoms with van der Waals surface area (Å²) in [5.74, 6) is -2.37. The first kappa shape index (κ1) is 25.9. The number of rotatable bonds is 6. The lowest BCUT2D eigenvalue weighted by Gasteiger charge is -2.42. The summed E-state index contributed by atoms with van der Waals surface area (Å²) in [5, 5.41) is 31.1. The molecule has 0 radical (unpaired) electrons. The van der Waals surface area contributed by atoms with Gasteiger partial charge in [0.1, 0.15) is 11.9 Å². The summed E-state index contributed by atoms with van der Waals surface area (Å²) < 4.78 is 33.7. The van der Waals surface area contributed by atoms with Crippen LogP contribution >= 0.6 is 0 Å². The first-order valence-corrected chi connectivity index (χ1v) is 10.9. The SMILES string of the molecule is CC(OC(=O)Nc1c(-c2ccc(NC(=O)C3(C#N)CN(C(=O)O)C3)cn2)nnn1C)c1cc(F)cnc1F. The molecule has 16 heteroatoms. The van der Waals surface area contributed by atoms with Gasteiger partial charge in [0.15, 0.2) is 16.9 Å². The number of aryl methyl sites for hydroxylation is 1. The Balaban J connectivity index is 1.43. The average molecular weight is 527 g/mol. The number of halogens is 2. The van der Waals surface area contributed by atoms with Crippen LogP contribution in [0, 0.1) is 28.5 Å². The Kier molecular flexibility index (Phi) is 6.84. The van der Waals surface area contributed by atoms with E-state index in [4.69, 9.17) is 9.84 Å². The highest BCUT2D eigenvalue weighted by Gasteiger charge is 2.52. The standard InChI is InChI=1S/C22H19F2N9O5/c1-11(14-5-12(23)6-27-17(14)24)38-20(35)29-18-16(30-31-32(18)2)15-4-3-13(7-26-15)28-19(34)22(8-25)9-33(10-22)21(36)37/h3-7,11H,9-10H2,1-2H3,(H,28,34)(H,29,35)(H,36,37). The highest BCUT2D eigenvalue weighted by atomic mass is 19.1. The second kappa shape index (κ2) is 10.0. The molecule has 3 aromatic rings. The van der Waals surface area contributed by atoms with E-state index in [1.807, 2.05) is 6.07 Å². The van der Waals surface area contributed by atoms with Crippen molar-refractivity contribution in [2.24, 2.45) is 12.5 Å². The molecule has 0 spiro atoms. The van der Waals surface area contributed by atoms with Crippen LogP contribution in [0.4, 0.5) is 29.9 Å². The van der Waals surface area contributed by atoms with Gasteiger partial charge in [-0.2, -0.15) is 9.65 Å². The molecule has 1 atom stereocenters. The summed E-state index contributed by atoms with van der Waals surface area (Å²) >= 11 is 0. The molecular weight excluding hydrogens is 508 g/mol. The molecule has 1 fully saturated rings. The van der Waals surface area contributed by atoms with Gasteiger partial charge in [-0.25, -0.2) is 23.6 Å². The number of nitriles is 1. The molecule has 0 saturated carbocycles. The number of likely N-dealkylation sites (tertiary alicyclic amines) is 1. The fourth-order valence-corrected chi connectivity index (χ4v) is 3.61. The number of hydrogen-bond donors (Lipinski definition) is 3. The normalized spacial score (nSPS) is 14.6. The molecule has 14 nitrogen and oxygen atoms in total. The molecule has 1 saturated heterocycles. The third-order valence-electron chi connectivity index (χ3n) is 5.71. The minimum absolute atomic E-state index is 0.0796. The van der Waals surface area contributed by atoms with Crippen molar-refractivity contribution in [2.75, 3.05) is 23.7 Å². The van der Waals surface area contributed by atoms with Gasteiger partial charge in [0.25, 0.3) is 0 Å². The maximum atomic E-state index is 13.9. The first-order chi connectivity index (χ1) is 18.0. The molecule has 196 valence electrons. The zero-order chi connectivity index (χ0) is 27.6. The van der Waals surface area contributed by atoms with Gasteiger partial charge in [-0.3, -0.25) is 15.1 Å². The quantitative estimate of drug-likeness (QED) is 0.401. The van der Waals surface area contributed by atoms with E-state index in [-0.39, 0.29) is 41.5 Å². The summed E-state index contributed by atoms with van der Waals surface area (Å²) in [4.78, 5) is 44.4. The summed E-state index contributed by atoms with van der Waals surface area (Å²) in [7, 11) is 1.49. The molecule has 3 N–H and O–H groups in total. The van der Waals surface area contributed by atoms with E-state index in [9.17, 15) is 28.4 Å². The number of carbonyl (C=O) groups is 3. The molecule has 4 heterocycles. The molecule has 3 aromatic heterocycles. The first-order valence-electron chi connectivity index (χ1n) is 10.9. The number of ether oxygens (including phenoxy) is 1. The lowest BCUT2D eigenvalue weighted by molar-refractivity contribution is -0.128. The lowest BCUT2D eigenvalue weighted by Crippen LogP contribution is -2.62. The Labute approximate surface area is 212 Å². The topological polar surface area (TPSA) is 188 Å². The van der Waals surface area contributed by atoms with Gasteiger partial charge in [0.2, 0.25) is 11.9 Å². The van der Waals surface area contributed by atoms with Crippen LogP contribution in [-0.4, -0.2) is 66.2 Å². The highest BCUT2D eigenvalue weighted by molar-refractivity contribution is 5.99. The van der Waals surface area contributed by atoms with Gasteiger partial charge in [0.05, 0.1) is 48.5 Å². The molecular formula is C22H19F2N9O5. The zero-order valence-electron chi connectivity index (χ0n) is 19.8. The Morgan fingerprint density at radius 3 is 2.58 bits per heavy atom. The number of anilines is 2. The fourth-order valence-electron chi connectivity index (χ4n) is 3.61. The van der Waals surface area contributed by atoms with Gasteiger partial charge in [-0.15, -0.1) is 5.10 Å². The second-order valence-corrected chi connectivity index (χ2v) is 8.34. The van der Waals surface area contributed by atoms with Crippen LogP contribution in [0.1, 0.15) is 18.6 Å². The number of nitrogens with zero attached hydrogens (tertiary/aromatic N) is 7. The average Bonchev–Trinajstić information content (AvgIpc) is 3.20. The van der Waals surface area contributed by atoms with E-state index in [1.54, 1.807) is 0 Å². The number of pyridine rings is 2. The van der Waals surface area contributed by atoms with Crippen molar-refractivity contribution in [2.45, 2.75) is 13.0 Å². The molecule has 4 rings (SSSR count). The maximum absolute atomic E-state index is 13.9. The molecule has 1 aliphatic rings. The summed E-state index contributed by atoms with van der Waals surface area (Å²) in [5.41, 5.74) is -1.13. The zero-order valence-corrected chi connectivity index (χ0v) is 19.8.